The fourth-order valence-corrected chi connectivity index (χ4v) is 3.79. The first-order valence-corrected chi connectivity index (χ1v) is 12.7. The number of nitrogens with zero attached hydrogens (tertiary/aromatic N) is 2. The van der Waals surface area contributed by atoms with Gasteiger partial charge in [0.1, 0.15) is 11.5 Å². The Hall–Kier alpha value is -6.03. The topological polar surface area (TPSA) is 133 Å². The zero-order valence-electron chi connectivity index (χ0n) is 22.3. The lowest BCUT2D eigenvalue weighted by Gasteiger charge is -2.07. The molecule has 2 N–H and O–H groups in total. The van der Waals surface area contributed by atoms with E-state index in [-0.39, 0.29) is 11.9 Å². The fraction of sp³-hybridized carbons (Fsp3) is 0.0312. The molecular weight excluding hydrogens is 536 g/mol. The summed E-state index contributed by atoms with van der Waals surface area (Å²) in [6.45, 7) is 0. The van der Waals surface area contributed by atoms with Gasteiger partial charge in [0.15, 0.2) is 0 Å². The van der Waals surface area contributed by atoms with Crippen LogP contribution >= 0.6 is 0 Å². The summed E-state index contributed by atoms with van der Waals surface area (Å²) in [4.78, 5) is 37.6. The van der Waals surface area contributed by atoms with Gasteiger partial charge in [0, 0.05) is 28.5 Å². The van der Waals surface area contributed by atoms with Crippen LogP contribution in [0.1, 0.15) is 26.3 Å². The average Bonchev–Trinajstić information content (AvgIpc) is 3.50. The molecule has 0 bridgehead atoms. The molecular formula is C32H24N4O6. The van der Waals surface area contributed by atoms with E-state index in [1.807, 2.05) is 6.07 Å². The number of ether oxygens (including phenoxy) is 2. The van der Waals surface area contributed by atoms with E-state index >= 15 is 0 Å². The van der Waals surface area contributed by atoms with Gasteiger partial charge in [-0.3, -0.25) is 14.9 Å². The molecule has 0 atom stereocenters. The van der Waals surface area contributed by atoms with Crippen molar-refractivity contribution in [3.63, 3.8) is 0 Å². The van der Waals surface area contributed by atoms with Gasteiger partial charge in [0.25, 0.3) is 5.91 Å². The molecule has 0 radical (unpaired) electrons. The van der Waals surface area contributed by atoms with Crippen LogP contribution in [0.25, 0.3) is 17.5 Å². The summed E-state index contributed by atoms with van der Waals surface area (Å²) >= 11 is 0. The monoisotopic (exact) mass is 560 g/mol. The number of esters is 1. The van der Waals surface area contributed by atoms with Crippen LogP contribution in [0.4, 0.5) is 11.7 Å². The Labute approximate surface area is 240 Å². The Balaban J connectivity index is 1.16. The molecule has 42 heavy (non-hydrogen) atoms. The number of anilines is 2. The van der Waals surface area contributed by atoms with Crippen molar-refractivity contribution in [2.75, 3.05) is 17.7 Å². The van der Waals surface area contributed by atoms with E-state index in [9.17, 15) is 14.4 Å². The second-order valence-corrected chi connectivity index (χ2v) is 8.79. The smallest absolute Gasteiger partial charge is 0.343 e. The lowest BCUT2D eigenvalue weighted by atomic mass is 10.1. The van der Waals surface area contributed by atoms with Crippen molar-refractivity contribution in [2.24, 2.45) is 0 Å². The quantitative estimate of drug-likeness (QED) is 0.130. The van der Waals surface area contributed by atoms with Crippen LogP contribution in [0.3, 0.4) is 0 Å². The first-order valence-electron chi connectivity index (χ1n) is 12.7. The van der Waals surface area contributed by atoms with Gasteiger partial charge in [0.2, 0.25) is 11.8 Å². The molecule has 0 unspecified atom stereocenters. The van der Waals surface area contributed by atoms with Crippen LogP contribution in [-0.4, -0.2) is 35.1 Å². The molecule has 5 rings (SSSR count). The highest BCUT2D eigenvalue weighted by atomic mass is 16.5. The van der Waals surface area contributed by atoms with Gasteiger partial charge >= 0.3 is 12.0 Å². The number of hydrogen-bond donors (Lipinski definition) is 2. The number of aromatic nitrogens is 2. The second kappa shape index (κ2) is 12.9. The minimum atomic E-state index is -0.498. The predicted octanol–water partition coefficient (Wildman–Crippen LogP) is 5.87. The summed E-state index contributed by atoms with van der Waals surface area (Å²) in [5.74, 6) is -0.108. The molecule has 2 amide bonds. The maximum atomic E-state index is 12.6. The van der Waals surface area contributed by atoms with E-state index < -0.39 is 17.8 Å². The molecule has 4 aromatic carbocycles. The van der Waals surface area contributed by atoms with Gasteiger partial charge in [-0.15, -0.1) is 5.10 Å². The zero-order chi connectivity index (χ0) is 29.3. The minimum Gasteiger partial charge on any atom is -0.497 e. The molecule has 208 valence electrons. The third kappa shape index (κ3) is 6.93. The molecule has 0 fully saturated rings. The summed E-state index contributed by atoms with van der Waals surface area (Å²) in [6, 6.07) is 28.8. The number of amides is 2. The first-order chi connectivity index (χ1) is 20.5. The average molecular weight is 561 g/mol. The third-order valence-electron chi connectivity index (χ3n) is 5.94. The van der Waals surface area contributed by atoms with E-state index in [4.69, 9.17) is 13.9 Å². The van der Waals surface area contributed by atoms with E-state index in [1.54, 1.807) is 110 Å². The second-order valence-electron chi connectivity index (χ2n) is 8.79. The van der Waals surface area contributed by atoms with Crippen molar-refractivity contribution in [2.45, 2.75) is 0 Å². The summed E-state index contributed by atoms with van der Waals surface area (Å²) in [6.07, 6.45) is 2.88. The van der Waals surface area contributed by atoms with E-state index in [0.29, 0.717) is 39.4 Å². The maximum absolute atomic E-state index is 12.6. The predicted molar refractivity (Wildman–Crippen MR) is 156 cm³/mol. The Morgan fingerprint density at radius 2 is 1.48 bits per heavy atom. The van der Waals surface area contributed by atoms with Crippen molar-refractivity contribution in [3.05, 3.63) is 126 Å². The zero-order valence-corrected chi connectivity index (χ0v) is 22.3. The van der Waals surface area contributed by atoms with Crippen LogP contribution in [0.15, 0.2) is 114 Å². The number of carbonyl (C=O) groups excluding carboxylic acids is 3. The molecule has 0 saturated carbocycles. The van der Waals surface area contributed by atoms with Crippen molar-refractivity contribution >= 4 is 35.6 Å². The highest BCUT2D eigenvalue weighted by Gasteiger charge is 2.14. The lowest BCUT2D eigenvalue weighted by molar-refractivity contribution is -0.111. The number of methoxy groups -OCH3 is 1. The van der Waals surface area contributed by atoms with Crippen molar-refractivity contribution in [3.8, 4) is 23.0 Å². The Morgan fingerprint density at radius 3 is 2.21 bits per heavy atom. The molecule has 0 saturated heterocycles. The molecule has 1 heterocycles. The molecule has 0 spiro atoms. The molecule has 10 heteroatoms. The van der Waals surface area contributed by atoms with Crippen molar-refractivity contribution in [1.29, 1.82) is 0 Å². The number of hydrogen-bond acceptors (Lipinski definition) is 8. The van der Waals surface area contributed by atoms with Crippen molar-refractivity contribution in [1.82, 2.24) is 10.2 Å². The molecule has 5 aromatic rings. The summed E-state index contributed by atoms with van der Waals surface area (Å²) in [7, 11) is 1.57. The van der Waals surface area contributed by atoms with Gasteiger partial charge < -0.3 is 19.2 Å². The molecule has 0 aliphatic heterocycles. The SMILES string of the molecule is COc1ccc(-c2nnc(NC(=O)c3ccc(NC(=O)/C=C/c4ccccc4OC(=O)c4ccccc4)cc3)o2)cc1. The fourth-order valence-electron chi connectivity index (χ4n) is 3.79. The van der Waals surface area contributed by atoms with Crippen LogP contribution in [0, 0.1) is 0 Å². The Morgan fingerprint density at radius 1 is 0.762 bits per heavy atom. The Kier molecular flexibility index (Phi) is 8.44. The van der Waals surface area contributed by atoms with Gasteiger partial charge in [-0.1, -0.05) is 41.5 Å². The molecule has 10 nitrogen and oxygen atoms in total. The summed E-state index contributed by atoms with van der Waals surface area (Å²) in [5.41, 5.74) is 2.45. The van der Waals surface area contributed by atoms with Crippen LogP contribution in [-0.2, 0) is 4.79 Å². The number of para-hydroxylation sites is 1. The van der Waals surface area contributed by atoms with E-state index in [1.165, 1.54) is 6.08 Å². The molecule has 0 aliphatic carbocycles. The van der Waals surface area contributed by atoms with Crippen LogP contribution < -0.4 is 20.1 Å². The summed E-state index contributed by atoms with van der Waals surface area (Å²) in [5, 5.41) is 13.1. The minimum absolute atomic E-state index is 0.0527. The number of benzene rings is 4. The number of nitrogens with one attached hydrogen (secondary N) is 2. The first kappa shape index (κ1) is 27.5. The van der Waals surface area contributed by atoms with Gasteiger partial charge in [-0.25, -0.2) is 4.79 Å². The lowest BCUT2D eigenvalue weighted by Crippen LogP contribution is -2.13. The normalized spacial score (nSPS) is 10.7. The van der Waals surface area contributed by atoms with Gasteiger partial charge in [0.05, 0.1) is 12.7 Å². The van der Waals surface area contributed by atoms with Crippen LogP contribution in [0.5, 0.6) is 11.5 Å². The van der Waals surface area contributed by atoms with Crippen LogP contribution in [0.2, 0.25) is 0 Å². The molecule has 1 aromatic heterocycles. The third-order valence-corrected chi connectivity index (χ3v) is 5.94. The maximum Gasteiger partial charge on any atom is 0.343 e. The summed E-state index contributed by atoms with van der Waals surface area (Å²) < 4.78 is 16.2. The number of carbonyl (C=O) groups is 3. The van der Waals surface area contributed by atoms with E-state index in [2.05, 4.69) is 20.8 Å². The Bertz CT molecular complexity index is 1730. The highest BCUT2D eigenvalue weighted by molar-refractivity contribution is 6.05. The van der Waals surface area contributed by atoms with Gasteiger partial charge in [-0.05, 0) is 72.8 Å². The van der Waals surface area contributed by atoms with Gasteiger partial charge in [-0.2, -0.15) is 0 Å². The van der Waals surface area contributed by atoms with Crippen molar-refractivity contribution < 1.29 is 28.3 Å². The number of rotatable bonds is 9. The van der Waals surface area contributed by atoms with E-state index in [0.717, 1.165) is 0 Å². The standard InChI is InChI=1S/C32H24N4O6/c1-40-26-18-13-23(14-19-26)30-35-36-32(42-30)34-29(38)22-11-16-25(17-12-22)33-28(37)20-15-21-7-5-6-10-27(21)41-31(39)24-8-3-2-4-9-24/h2-20H,1H3,(H,33,37)(H,34,36,38)/b20-15+. The largest absolute Gasteiger partial charge is 0.497 e. The molecule has 0 aliphatic rings. The highest BCUT2D eigenvalue weighted by Crippen LogP contribution is 2.23.